The molecule has 10 nitrogen and oxygen atoms in total. The number of ether oxygens (including phenoxy) is 1. The van der Waals surface area contributed by atoms with Gasteiger partial charge in [0.1, 0.15) is 11.1 Å². The van der Waals surface area contributed by atoms with Crippen LogP contribution >= 0.6 is 0 Å². The van der Waals surface area contributed by atoms with Crippen molar-refractivity contribution in [1.82, 2.24) is 20.4 Å². The van der Waals surface area contributed by atoms with Gasteiger partial charge in [-0.05, 0) is 43.3 Å². The standard InChI is InChI=1S/C13H10F2N2O3.C11H6F2N2O3/c1-2-20-13(19)8-6-10(16-17-12(8)18)7-4-3-5-9(14)11(7)15;12-7-3-1-2-5(9(7)13)8-4-6(11(17)18)10(16)15-14-8/h3-6H,2H2,1H3,(H,17,18);1-4H,(H,15,16)(H,17,18). The van der Waals surface area contributed by atoms with E-state index >= 15 is 0 Å². The van der Waals surface area contributed by atoms with Crippen LogP contribution in [-0.2, 0) is 4.74 Å². The van der Waals surface area contributed by atoms with Crippen molar-refractivity contribution < 1.29 is 47.2 Å². The first-order valence-electron chi connectivity index (χ1n) is 10.5. The fourth-order valence-electron chi connectivity index (χ4n) is 2.95. The second-order valence-electron chi connectivity index (χ2n) is 7.16. The Hall–Kier alpha value is -5.14. The number of nitrogens with zero attached hydrogens (tertiary/aromatic N) is 4. The van der Waals surface area contributed by atoms with Gasteiger partial charge >= 0.3 is 11.9 Å². The van der Waals surface area contributed by atoms with Gasteiger partial charge in [0.25, 0.3) is 0 Å². The van der Waals surface area contributed by atoms with Crippen molar-refractivity contribution >= 4 is 11.9 Å². The van der Waals surface area contributed by atoms with Crippen LogP contribution in [-0.4, -0.2) is 54.3 Å². The molecule has 0 radical (unpaired) electrons. The summed E-state index contributed by atoms with van der Waals surface area (Å²) in [5.41, 5.74) is -1.46. The van der Waals surface area contributed by atoms with Crippen LogP contribution in [0.25, 0.3) is 22.5 Å². The summed E-state index contributed by atoms with van der Waals surface area (Å²) in [6.07, 6.45) is 0. The molecular weight excluding hydrogens is 516 g/mol. The fraction of sp³-hybridized carbons (Fsp3) is 0.0833. The number of carboxylic acid groups (broad SMARTS) is 1. The van der Waals surface area contributed by atoms with Crippen molar-refractivity contribution in [1.29, 1.82) is 0 Å². The number of aromatic nitrogens is 4. The van der Waals surface area contributed by atoms with Gasteiger partial charge in [-0.1, -0.05) is 12.1 Å². The molecule has 0 unspecified atom stereocenters. The lowest BCUT2D eigenvalue weighted by Gasteiger charge is -2.06. The summed E-state index contributed by atoms with van der Waals surface area (Å²) >= 11 is 0. The van der Waals surface area contributed by atoms with Crippen molar-refractivity contribution in [3.63, 3.8) is 0 Å². The zero-order valence-electron chi connectivity index (χ0n) is 19.2. The highest BCUT2D eigenvalue weighted by atomic mass is 19.2. The van der Waals surface area contributed by atoms with Gasteiger partial charge in [-0.3, -0.25) is 0 Å². The van der Waals surface area contributed by atoms with Crippen molar-refractivity contribution in [2.24, 2.45) is 0 Å². The average molecular weight is 532 g/mol. The second kappa shape index (κ2) is 11.7. The SMILES string of the molecule is CCOC(=O)c1cc(-c2cccc(F)c2F)nnc1O.O=C(O)c1cc(-c2cccc(F)c2F)nnc1O. The number of hydrogen-bond acceptors (Lipinski definition) is 9. The summed E-state index contributed by atoms with van der Waals surface area (Å²) in [7, 11) is 0. The van der Waals surface area contributed by atoms with E-state index in [4.69, 9.17) is 14.9 Å². The number of benzene rings is 2. The predicted octanol–water partition coefficient (Wildman–Crippen LogP) is 4.13. The molecule has 0 fully saturated rings. The summed E-state index contributed by atoms with van der Waals surface area (Å²) in [4.78, 5) is 22.3. The van der Waals surface area contributed by atoms with E-state index in [0.717, 1.165) is 24.3 Å². The predicted molar refractivity (Wildman–Crippen MR) is 121 cm³/mol. The molecule has 0 bridgehead atoms. The van der Waals surface area contributed by atoms with Gasteiger partial charge in [0, 0.05) is 11.1 Å². The Kier molecular flexibility index (Phi) is 8.47. The molecule has 0 aliphatic carbocycles. The Morgan fingerprint density at radius 3 is 1.66 bits per heavy atom. The molecule has 3 N–H and O–H groups in total. The molecule has 0 atom stereocenters. The molecule has 2 aromatic heterocycles. The van der Waals surface area contributed by atoms with Gasteiger partial charge in [-0.15, -0.1) is 20.4 Å². The van der Waals surface area contributed by atoms with Crippen LogP contribution in [0.2, 0.25) is 0 Å². The topological polar surface area (TPSA) is 156 Å². The van der Waals surface area contributed by atoms with Gasteiger partial charge in [-0.2, -0.15) is 0 Å². The molecule has 14 heteroatoms. The minimum absolute atomic E-state index is 0.0807. The lowest BCUT2D eigenvalue weighted by Crippen LogP contribution is -2.07. The maximum Gasteiger partial charge on any atom is 0.343 e. The number of halogens is 4. The number of hydrogen-bond donors (Lipinski definition) is 3. The van der Waals surface area contributed by atoms with Gasteiger partial charge in [0.15, 0.2) is 23.3 Å². The number of carboxylic acids is 1. The van der Waals surface area contributed by atoms with Crippen molar-refractivity contribution in [3.05, 3.63) is 82.9 Å². The molecule has 4 aromatic rings. The van der Waals surface area contributed by atoms with Gasteiger partial charge < -0.3 is 20.1 Å². The molecule has 0 saturated carbocycles. The normalized spacial score (nSPS) is 10.3. The van der Waals surface area contributed by atoms with Crippen LogP contribution in [0.5, 0.6) is 11.8 Å². The van der Waals surface area contributed by atoms with E-state index < -0.39 is 52.5 Å². The Balaban J connectivity index is 0.000000212. The Labute approximate surface area is 210 Å². The van der Waals surface area contributed by atoms with E-state index in [1.165, 1.54) is 24.3 Å². The molecule has 2 aromatic carbocycles. The van der Waals surface area contributed by atoms with Crippen molar-refractivity contribution in [2.45, 2.75) is 6.92 Å². The molecular formula is C24H16F4N4O6. The summed E-state index contributed by atoms with van der Waals surface area (Å²) in [6.45, 7) is 1.70. The van der Waals surface area contributed by atoms with E-state index in [0.29, 0.717) is 0 Å². The summed E-state index contributed by atoms with van der Waals surface area (Å²) in [5, 5.41) is 40.9. The molecule has 196 valence electrons. The Bertz CT molecular complexity index is 1520. The molecule has 0 aliphatic heterocycles. The number of esters is 1. The number of carbonyl (C=O) groups is 2. The van der Waals surface area contributed by atoms with Crippen LogP contribution in [0.15, 0.2) is 48.5 Å². The van der Waals surface area contributed by atoms with Gasteiger partial charge in [0.05, 0.1) is 18.0 Å². The molecule has 0 saturated heterocycles. The maximum absolute atomic E-state index is 13.6. The zero-order valence-corrected chi connectivity index (χ0v) is 19.2. The molecule has 38 heavy (non-hydrogen) atoms. The lowest BCUT2D eigenvalue weighted by atomic mass is 10.1. The van der Waals surface area contributed by atoms with Gasteiger partial charge in [0.2, 0.25) is 11.8 Å². The molecule has 0 aliphatic rings. The van der Waals surface area contributed by atoms with E-state index in [9.17, 15) is 32.3 Å². The maximum atomic E-state index is 13.6. The largest absolute Gasteiger partial charge is 0.492 e. The van der Waals surface area contributed by atoms with Crippen LogP contribution in [0.4, 0.5) is 17.6 Å². The summed E-state index contributed by atoms with van der Waals surface area (Å²) < 4.78 is 58.0. The number of aromatic carboxylic acids is 1. The average Bonchev–Trinajstić information content (AvgIpc) is 2.88. The third-order valence-electron chi connectivity index (χ3n) is 4.73. The number of aromatic hydroxyl groups is 2. The summed E-state index contributed by atoms with van der Waals surface area (Å²) in [6, 6.07) is 8.96. The molecule has 4 rings (SSSR count). The first kappa shape index (κ1) is 27.4. The van der Waals surface area contributed by atoms with Crippen molar-refractivity contribution in [2.75, 3.05) is 6.61 Å². The molecule has 0 amide bonds. The third-order valence-corrected chi connectivity index (χ3v) is 4.73. The fourth-order valence-corrected chi connectivity index (χ4v) is 2.95. The molecule has 2 heterocycles. The van der Waals surface area contributed by atoms with Crippen LogP contribution < -0.4 is 0 Å². The first-order chi connectivity index (χ1) is 18.0. The number of rotatable bonds is 5. The van der Waals surface area contributed by atoms with E-state index in [1.54, 1.807) is 6.92 Å². The monoisotopic (exact) mass is 532 g/mol. The van der Waals surface area contributed by atoms with Crippen LogP contribution in [0.3, 0.4) is 0 Å². The minimum atomic E-state index is -1.44. The third kappa shape index (κ3) is 5.98. The highest BCUT2D eigenvalue weighted by molar-refractivity contribution is 5.93. The first-order valence-corrected chi connectivity index (χ1v) is 10.5. The minimum Gasteiger partial charge on any atom is -0.492 e. The zero-order chi connectivity index (χ0) is 28.0. The number of carbonyl (C=O) groups excluding carboxylic acids is 1. The van der Waals surface area contributed by atoms with Crippen LogP contribution in [0.1, 0.15) is 27.6 Å². The van der Waals surface area contributed by atoms with Gasteiger partial charge in [-0.25, -0.2) is 27.2 Å². The van der Waals surface area contributed by atoms with E-state index in [2.05, 4.69) is 20.4 Å². The Morgan fingerprint density at radius 1 is 0.763 bits per heavy atom. The van der Waals surface area contributed by atoms with Crippen molar-refractivity contribution in [3.8, 4) is 34.3 Å². The lowest BCUT2D eigenvalue weighted by molar-refractivity contribution is 0.0521. The van der Waals surface area contributed by atoms with Crippen LogP contribution in [0, 0.1) is 23.3 Å². The van der Waals surface area contributed by atoms with E-state index in [-0.39, 0.29) is 34.7 Å². The second-order valence-corrected chi connectivity index (χ2v) is 7.16. The molecule has 0 spiro atoms. The quantitative estimate of drug-likeness (QED) is 0.252. The Morgan fingerprint density at radius 2 is 1.21 bits per heavy atom. The highest BCUT2D eigenvalue weighted by Gasteiger charge is 2.19. The highest BCUT2D eigenvalue weighted by Crippen LogP contribution is 2.26. The smallest absolute Gasteiger partial charge is 0.343 e. The van der Waals surface area contributed by atoms with E-state index in [1.807, 2.05) is 0 Å². The summed E-state index contributed by atoms with van der Waals surface area (Å²) in [5.74, 6) is -8.09.